The molecule has 1 aliphatic carbocycles. The molecule has 2 fully saturated rings. The highest BCUT2D eigenvalue weighted by Crippen LogP contribution is 2.27. The van der Waals surface area contributed by atoms with Crippen LogP contribution >= 0.6 is 0 Å². The zero-order valence-electron chi connectivity index (χ0n) is 10.3. The van der Waals surface area contributed by atoms with E-state index in [1.165, 1.54) is 6.42 Å². The quantitative estimate of drug-likeness (QED) is 0.528. The molecular formula is C12H22O6. The Morgan fingerprint density at radius 1 is 1.00 bits per heavy atom. The minimum Gasteiger partial charge on any atom is -0.394 e. The normalized spacial score (nSPS) is 43.0. The summed E-state index contributed by atoms with van der Waals surface area (Å²) in [5.41, 5.74) is 0. The van der Waals surface area contributed by atoms with Gasteiger partial charge in [-0.1, -0.05) is 19.3 Å². The molecule has 0 unspecified atom stereocenters. The number of hydrogen-bond donors (Lipinski definition) is 4. The fourth-order valence-electron chi connectivity index (χ4n) is 2.65. The summed E-state index contributed by atoms with van der Waals surface area (Å²) in [5.74, 6) is 0. The lowest BCUT2D eigenvalue weighted by molar-refractivity contribution is -0.301. The van der Waals surface area contributed by atoms with Crippen LogP contribution in [0.4, 0.5) is 0 Å². The SMILES string of the molecule is OC[C@H]1O[C@@H](O)[C@H](O)[C@@H](OC2CCCCC2)[C@@H]1O. The molecule has 6 nitrogen and oxygen atoms in total. The summed E-state index contributed by atoms with van der Waals surface area (Å²) in [7, 11) is 0. The summed E-state index contributed by atoms with van der Waals surface area (Å²) in [6, 6.07) is 0. The van der Waals surface area contributed by atoms with Crippen molar-refractivity contribution in [3.05, 3.63) is 0 Å². The lowest BCUT2D eigenvalue weighted by Crippen LogP contribution is -2.60. The van der Waals surface area contributed by atoms with Crippen molar-refractivity contribution >= 4 is 0 Å². The third-order valence-corrected chi connectivity index (χ3v) is 3.74. The van der Waals surface area contributed by atoms with Crippen molar-refractivity contribution in [3.8, 4) is 0 Å². The van der Waals surface area contributed by atoms with Crippen molar-refractivity contribution in [1.29, 1.82) is 0 Å². The van der Waals surface area contributed by atoms with Gasteiger partial charge in [0.2, 0.25) is 0 Å². The van der Waals surface area contributed by atoms with E-state index in [1.807, 2.05) is 0 Å². The van der Waals surface area contributed by atoms with Crippen LogP contribution in [-0.2, 0) is 9.47 Å². The van der Waals surface area contributed by atoms with Gasteiger partial charge in [0, 0.05) is 0 Å². The highest BCUT2D eigenvalue weighted by atomic mass is 16.6. The summed E-state index contributed by atoms with van der Waals surface area (Å²) < 4.78 is 10.6. The molecule has 2 aliphatic rings. The van der Waals surface area contributed by atoms with Gasteiger partial charge in [-0.2, -0.15) is 0 Å². The van der Waals surface area contributed by atoms with Crippen LogP contribution in [0.2, 0.25) is 0 Å². The molecule has 0 radical (unpaired) electrons. The molecule has 0 aromatic rings. The third-order valence-electron chi connectivity index (χ3n) is 3.74. The molecule has 1 saturated carbocycles. The zero-order valence-corrected chi connectivity index (χ0v) is 10.3. The number of hydrogen-bond acceptors (Lipinski definition) is 6. The van der Waals surface area contributed by atoms with E-state index in [0.717, 1.165) is 25.7 Å². The van der Waals surface area contributed by atoms with Crippen LogP contribution in [0.5, 0.6) is 0 Å². The Hall–Kier alpha value is -0.240. The molecule has 0 bridgehead atoms. The molecular weight excluding hydrogens is 240 g/mol. The van der Waals surface area contributed by atoms with Crippen LogP contribution in [0.3, 0.4) is 0 Å². The van der Waals surface area contributed by atoms with Gasteiger partial charge in [-0.25, -0.2) is 0 Å². The van der Waals surface area contributed by atoms with Crippen molar-refractivity contribution in [2.75, 3.05) is 6.61 Å². The summed E-state index contributed by atoms with van der Waals surface area (Å²) in [6.07, 6.45) is -0.547. The van der Waals surface area contributed by atoms with Gasteiger partial charge in [-0.15, -0.1) is 0 Å². The highest BCUT2D eigenvalue weighted by molar-refractivity contribution is 4.90. The van der Waals surface area contributed by atoms with Gasteiger partial charge in [0.1, 0.15) is 24.4 Å². The van der Waals surface area contributed by atoms with E-state index in [4.69, 9.17) is 14.6 Å². The summed E-state index contributed by atoms with van der Waals surface area (Å²) in [4.78, 5) is 0. The minimum absolute atomic E-state index is 0.00214. The van der Waals surface area contributed by atoms with Crippen LogP contribution in [0, 0.1) is 0 Å². The molecule has 0 amide bonds. The molecule has 4 N–H and O–H groups in total. The summed E-state index contributed by atoms with van der Waals surface area (Å²) in [6.45, 7) is -0.421. The molecule has 0 spiro atoms. The van der Waals surface area contributed by atoms with Crippen LogP contribution in [0.15, 0.2) is 0 Å². The second-order valence-electron chi connectivity index (χ2n) is 5.09. The van der Waals surface area contributed by atoms with Gasteiger partial charge in [0.25, 0.3) is 0 Å². The fourth-order valence-corrected chi connectivity index (χ4v) is 2.65. The molecule has 18 heavy (non-hydrogen) atoms. The Bertz CT molecular complexity index is 255. The Labute approximate surface area is 106 Å². The van der Waals surface area contributed by atoms with E-state index >= 15 is 0 Å². The predicted molar refractivity (Wildman–Crippen MR) is 61.7 cm³/mol. The monoisotopic (exact) mass is 262 g/mol. The Balaban J connectivity index is 1.98. The van der Waals surface area contributed by atoms with Gasteiger partial charge in [-0.05, 0) is 12.8 Å². The molecule has 5 atom stereocenters. The maximum absolute atomic E-state index is 9.97. The smallest absolute Gasteiger partial charge is 0.184 e. The highest BCUT2D eigenvalue weighted by Gasteiger charge is 2.45. The van der Waals surface area contributed by atoms with Crippen LogP contribution < -0.4 is 0 Å². The van der Waals surface area contributed by atoms with Crippen molar-refractivity contribution in [2.24, 2.45) is 0 Å². The second-order valence-corrected chi connectivity index (χ2v) is 5.09. The Morgan fingerprint density at radius 3 is 2.28 bits per heavy atom. The third kappa shape index (κ3) is 3.01. The number of aliphatic hydroxyl groups is 4. The minimum atomic E-state index is -1.43. The molecule has 106 valence electrons. The lowest BCUT2D eigenvalue weighted by atomic mass is 9.95. The van der Waals surface area contributed by atoms with Gasteiger partial charge in [0.15, 0.2) is 6.29 Å². The van der Waals surface area contributed by atoms with Crippen molar-refractivity contribution in [3.63, 3.8) is 0 Å². The van der Waals surface area contributed by atoms with Crippen LogP contribution in [-0.4, -0.2) is 63.8 Å². The van der Waals surface area contributed by atoms with E-state index in [2.05, 4.69) is 0 Å². The van der Waals surface area contributed by atoms with E-state index in [-0.39, 0.29) is 6.10 Å². The predicted octanol–water partition coefficient (Wildman–Crippen LogP) is -0.864. The number of ether oxygens (including phenoxy) is 2. The van der Waals surface area contributed by atoms with E-state index in [0.29, 0.717) is 0 Å². The first-order valence-corrected chi connectivity index (χ1v) is 6.59. The molecule has 6 heteroatoms. The molecule has 1 aliphatic heterocycles. The van der Waals surface area contributed by atoms with Crippen LogP contribution in [0.1, 0.15) is 32.1 Å². The molecule has 1 heterocycles. The first kappa shape index (κ1) is 14.2. The average molecular weight is 262 g/mol. The van der Waals surface area contributed by atoms with Gasteiger partial charge < -0.3 is 29.9 Å². The Kier molecular flexibility index (Phi) is 4.94. The maximum atomic E-state index is 9.97. The fraction of sp³-hybridized carbons (Fsp3) is 1.00. The molecule has 0 aromatic heterocycles. The molecule has 2 rings (SSSR count). The first-order valence-electron chi connectivity index (χ1n) is 6.59. The number of rotatable bonds is 3. The van der Waals surface area contributed by atoms with Crippen molar-refractivity contribution in [1.82, 2.24) is 0 Å². The van der Waals surface area contributed by atoms with E-state index < -0.39 is 37.3 Å². The van der Waals surface area contributed by atoms with Crippen LogP contribution in [0.25, 0.3) is 0 Å². The average Bonchev–Trinajstić information content (AvgIpc) is 2.40. The first-order chi connectivity index (χ1) is 8.63. The second kappa shape index (κ2) is 6.27. The maximum Gasteiger partial charge on any atom is 0.184 e. The van der Waals surface area contributed by atoms with E-state index in [1.54, 1.807) is 0 Å². The lowest BCUT2D eigenvalue weighted by Gasteiger charge is -2.41. The topological polar surface area (TPSA) is 99.4 Å². The zero-order chi connectivity index (χ0) is 13.1. The summed E-state index contributed by atoms with van der Waals surface area (Å²) >= 11 is 0. The van der Waals surface area contributed by atoms with Gasteiger partial charge >= 0.3 is 0 Å². The van der Waals surface area contributed by atoms with Gasteiger partial charge in [-0.3, -0.25) is 0 Å². The molecule has 0 aromatic carbocycles. The Morgan fingerprint density at radius 2 is 1.67 bits per heavy atom. The standard InChI is InChI=1S/C12H22O6/c13-6-8-9(14)11(10(15)12(16)18-8)17-7-4-2-1-3-5-7/h7-16H,1-6H2/t8-,9-,10-,11+,12-/m1/s1. The number of aliphatic hydroxyl groups excluding tert-OH is 4. The van der Waals surface area contributed by atoms with Crippen molar-refractivity contribution < 1.29 is 29.9 Å². The van der Waals surface area contributed by atoms with Crippen molar-refractivity contribution in [2.45, 2.75) is 68.9 Å². The van der Waals surface area contributed by atoms with E-state index in [9.17, 15) is 15.3 Å². The molecule has 1 saturated heterocycles. The summed E-state index contributed by atoms with van der Waals surface area (Å²) in [5, 5.41) is 38.4. The largest absolute Gasteiger partial charge is 0.394 e. The van der Waals surface area contributed by atoms with Gasteiger partial charge in [0.05, 0.1) is 12.7 Å².